The predicted molar refractivity (Wildman–Crippen MR) is 61.0 cm³/mol. The molecule has 0 saturated heterocycles. The first-order chi connectivity index (χ1) is 6.25. The number of hydrogen-bond donors (Lipinski definition) is 1. The maximum absolute atomic E-state index is 6.06. The fourth-order valence-corrected chi connectivity index (χ4v) is 3.18. The average molecular weight is 260 g/mol. The molecule has 13 heavy (non-hydrogen) atoms. The Kier molecular flexibility index (Phi) is 3.06. The third-order valence-corrected chi connectivity index (χ3v) is 4.42. The van der Waals surface area contributed by atoms with Gasteiger partial charge in [0.2, 0.25) is 0 Å². The lowest BCUT2D eigenvalue weighted by Crippen LogP contribution is -2.22. The molecular formula is C10H14BrNS. The molecule has 3 heteroatoms. The summed E-state index contributed by atoms with van der Waals surface area (Å²) in [5, 5.41) is 2.11. The molecule has 1 nitrogen and oxygen atoms in total. The summed E-state index contributed by atoms with van der Waals surface area (Å²) in [6.07, 6.45) is 5.05. The van der Waals surface area contributed by atoms with E-state index in [1.54, 1.807) is 11.3 Å². The summed E-state index contributed by atoms with van der Waals surface area (Å²) in [6, 6.07) is 2.46. The summed E-state index contributed by atoms with van der Waals surface area (Å²) in [4.78, 5) is 1.40. The molecule has 1 aliphatic carbocycles. The third kappa shape index (κ3) is 2.79. The van der Waals surface area contributed by atoms with Gasteiger partial charge in [-0.1, -0.05) is 12.8 Å². The van der Waals surface area contributed by atoms with E-state index >= 15 is 0 Å². The van der Waals surface area contributed by atoms with Crippen molar-refractivity contribution in [3.8, 4) is 0 Å². The zero-order valence-electron chi connectivity index (χ0n) is 7.50. The Morgan fingerprint density at radius 3 is 2.92 bits per heavy atom. The number of rotatable bonds is 4. The first-order valence-corrected chi connectivity index (χ1v) is 6.40. The van der Waals surface area contributed by atoms with Crippen LogP contribution in [0.3, 0.4) is 0 Å². The fourth-order valence-electron chi connectivity index (χ4n) is 1.57. The van der Waals surface area contributed by atoms with Crippen LogP contribution < -0.4 is 5.73 Å². The molecule has 0 spiro atoms. The maximum atomic E-state index is 6.06. The summed E-state index contributed by atoms with van der Waals surface area (Å²) in [5.74, 6) is 0.939. The van der Waals surface area contributed by atoms with Crippen LogP contribution in [0.1, 0.15) is 24.1 Å². The average Bonchev–Trinajstić information content (AvgIpc) is 2.79. The van der Waals surface area contributed by atoms with E-state index in [1.807, 2.05) is 0 Å². The lowest BCUT2D eigenvalue weighted by molar-refractivity contribution is 0.569. The van der Waals surface area contributed by atoms with Crippen molar-refractivity contribution < 1.29 is 0 Å². The van der Waals surface area contributed by atoms with E-state index in [0.29, 0.717) is 6.04 Å². The van der Waals surface area contributed by atoms with Crippen molar-refractivity contribution in [3.63, 3.8) is 0 Å². The summed E-state index contributed by atoms with van der Waals surface area (Å²) >= 11 is 5.33. The van der Waals surface area contributed by atoms with Crippen molar-refractivity contribution in [2.45, 2.75) is 31.7 Å². The second-order valence-corrected chi connectivity index (χ2v) is 5.69. The first-order valence-electron chi connectivity index (χ1n) is 4.73. The Hall–Kier alpha value is 0.140. The molecule has 0 aliphatic heterocycles. The van der Waals surface area contributed by atoms with Crippen LogP contribution in [-0.2, 0) is 6.42 Å². The van der Waals surface area contributed by atoms with Crippen LogP contribution in [0, 0.1) is 5.92 Å². The topological polar surface area (TPSA) is 26.0 Å². The summed E-state index contributed by atoms with van der Waals surface area (Å²) < 4.78 is 1.23. The van der Waals surface area contributed by atoms with E-state index < -0.39 is 0 Å². The van der Waals surface area contributed by atoms with Crippen molar-refractivity contribution in [2.75, 3.05) is 0 Å². The van der Waals surface area contributed by atoms with Gasteiger partial charge in [0, 0.05) is 15.4 Å². The van der Waals surface area contributed by atoms with Crippen molar-refractivity contribution in [1.29, 1.82) is 0 Å². The highest BCUT2D eigenvalue weighted by molar-refractivity contribution is 9.10. The Morgan fingerprint density at radius 2 is 2.38 bits per heavy atom. The van der Waals surface area contributed by atoms with Crippen LogP contribution in [0.5, 0.6) is 0 Å². The molecule has 1 saturated carbocycles. The predicted octanol–water partition coefficient (Wildman–Crippen LogP) is 3.18. The SMILES string of the molecule is NC(Cc1sccc1Br)CC1CC1. The molecule has 2 rings (SSSR count). The Morgan fingerprint density at radius 1 is 1.62 bits per heavy atom. The van der Waals surface area contributed by atoms with E-state index in [4.69, 9.17) is 5.73 Å². The number of halogens is 1. The maximum Gasteiger partial charge on any atom is 0.0314 e. The van der Waals surface area contributed by atoms with Crippen LogP contribution >= 0.6 is 27.3 Å². The minimum absolute atomic E-state index is 0.363. The third-order valence-electron chi connectivity index (χ3n) is 2.47. The Bertz CT molecular complexity index is 280. The highest BCUT2D eigenvalue weighted by atomic mass is 79.9. The molecule has 0 aromatic carbocycles. The minimum Gasteiger partial charge on any atom is -0.327 e. The molecule has 1 fully saturated rings. The van der Waals surface area contributed by atoms with Gasteiger partial charge < -0.3 is 5.73 Å². The van der Waals surface area contributed by atoms with Crippen LogP contribution in [0.25, 0.3) is 0 Å². The molecule has 72 valence electrons. The van der Waals surface area contributed by atoms with E-state index in [0.717, 1.165) is 12.3 Å². The molecule has 1 aromatic heterocycles. The van der Waals surface area contributed by atoms with Gasteiger partial charge in [0.15, 0.2) is 0 Å². The Balaban J connectivity index is 1.85. The second-order valence-electron chi connectivity index (χ2n) is 3.83. The van der Waals surface area contributed by atoms with Crippen molar-refractivity contribution in [2.24, 2.45) is 11.7 Å². The van der Waals surface area contributed by atoms with Crippen molar-refractivity contribution >= 4 is 27.3 Å². The molecule has 1 heterocycles. The summed E-state index contributed by atoms with van der Waals surface area (Å²) in [5.41, 5.74) is 6.06. The van der Waals surface area contributed by atoms with Crippen molar-refractivity contribution in [3.05, 3.63) is 20.8 Å². The molecule has 0 amide bonds. The number of thiophene rings is 1. The number of hydrogen-bond acceptors (Lipinski definition) is 2. The van der Waals surface area contributed by atoms with Gasteiger partial charge >= 0.3 is 0 Å². The molecule has 1 aromatic rings. The standard InChI is InChI=1S/C10H14BrNS/c11-9-3-4-13-10(9)6-8(12)5-7-1-2-7/h3-4,7-8H,1-2,5-6,12H2. The highest BCUT2D eigenvalue weighted by Crippen LogP contribution is 2.34. The quantitative estimate of drug-likeness (QED) is 0.884. The van der Waals surface area contributed by atoms with E-state index in [1.165, 1.54) is 28.6 Å². The van der Waals surface area contributed by atoms with Crippen LogP contribution in [-0.4, -0.2) is 6.04 Å². The zero-order valence-corrected chi connectivity index (χ0v) is 9.90. The molecule has 1 unspecified atom stereocenters. The lowest BCUT2D eigenvalue weighted by atomic mass is 10.1. The largest absolute Gasteiger partial charge is 0.327 e. The molecule has 1 atom stereocenters. The van der Waals surface area contributed by atoms with Crippen LogP contribution in [0.4, 0.5) is 0 Å². The van der Waals surface area contributed by atoms with Gasteiger partial charge in [-0.05, 0) is 46.1 Å². The monoisotopic (exact) mass is 259 g/mol. The van der Waals surface area contributed by atoms with Gasteiger partial charge in [-0.3, -0.25) is 0 Å². The smallest absolute Gasteiger partial charge is 0.0314 e. The van der Waals surface area contributed by atoms with Gasteiger partial charge in [0.05, 0.1) is 0 Å². The summed E-state index contributed by atoms with van der Waals surface area (Å²) in [6.45, 7) is 0. The van der Waals surface area contributed by atoms with E-state index in [-0.39, 0.29) is 0 Å². The van der Waals surface area contributed by atoms with Crippen LogP contribution in [0.15, 0.2) is 15.9 Å². The first kappa shape index (κ1) is 9.69. The molecule has 0 radical (unpaired) electrons. The van der Waals surface area contributed by atoms with Gasteiger partial charge in [0.25, 0.3) is 0 Å². The lowest BCUT2D eigenvalue weighted by Gasteiger charge is -2.09. The minimum atomic E-state index is 0.363. The number of nitrogens with two attached hydrogens (primary N) is 1. The second kappa shape index (κ2) is 4.11. The fraction of sp³-hybridized carbons (Fsp3) is 0.600. The van der Waals surface area contributed by atoms with Gasteiger partial charge in [0.1, 0.15) is 0 Å². The Labute approximate surface area is 91.5 Å². The van der Waals surface area contributed by atoms with Gasteiger partial charge in [-0.25, -0.2) is 0 Å². The van der Waals surface area contributed by atoms with E-state index in [2.05, 4.69) is 27.4 Å². The molecule has 2 N–H and O–H groups in total. The highest BCUT2D eigenvalue weighted by Gasteiger charge is 2.24. The van der Waals surface area contributed by atoms with Gasteiger partial charge in [-0.15, -0.1) is 11.3 Å². The molecule has 1 aliphatic rings. The molecule has 0 bridgehead atoms. The normalized spacial score (nSPS) is 18.9. The summed E-state index contributed by atoms with van der Waals surface area (Å²) in [7, 11) is 0. The zero-order chi connectivity index (χ0) is 9.26. The van der Waals surface area contributed by atoms with Crippen LogP contribution in [0.2, 0.25) is 0 Å². The molecular weight excluding hydrogens is 246 g/mol. The van der Waals surface area contributed by atoms with Gasteiger partial charge in [-0.2, -0.15) is 0 Å². The van der Waals surface area contributed by atoms with E-state index in [9.17, 15) is 0 Å². The van der Waals surface area contributed by atoms with Crippen molar-refractivity contribution in [1.82, 2.24) is 0 Å².